The van der Waals surface area contributed by atoms with Gasteiger partial charge >= 0.3 is 39.5 Å². The summed E-state index contributed by atoms with van der Waals surface area (Å²) < 4.78 is 68.4. The number of carbonyl (C=O) groups excluding carboxylic acids is 4. The van der Waals surface area contributed by atoms with Gasteiger partial charge in [-0.25, -0.2) is 9.13 Å². The number of carbonyl (C=O) groups is 4. The topological polar surface area (TPSA) is 237 Å². The second kappa shape index (κ2) is 71.6. The Kier molecular flexibility index (Phi) is 68.9. The highest BCUT2D eigenvalue weighted by Gasteiger charge is 2.30. The van der Waals surface area contributed by atoms with E-state index in [1.807, 2.05) is 12.2 Å². The van der Waals surface area contributed by atoms with Crippen molar-refractivity contribution in [3.8, 4) is 0 Å². The third kappa shape index (κ3) is 70.7. The second-order valence-electron chi connectivity index (χ2n) is 25.9. The fourth-order valence-electron chi connectivity index (χ4n) is 10.4. The summed E-state index contributed by atoms with van der Waals surface area (Å²) in [7, 11) is -9.96. The lowest BCUT2D eigenvalue weighted by Crippen LogP contribution is -2.30. The fourth-order valence-corrected chi connectivity index (χ4v) is 11.9. The number of hydrogen-bond acceptors (Lipinski definition) is 15. The Labute approximate surface area is 595 Å². The van der Waals surface area contributed by atoms with Crippen LogP contribution in [0.3, 0.4) is 0 Å². The van der Waals surface area contributed by atoms with Crippen molar-refractivity contribution >= 4 is 39.5 Å². The van der Waals surface area contributed by atoms with Crippen molar-refractivity contribution in [2.24, 2.45) is 0 Å². The first kappa shape index (κ1) is 94.2. The van der Waals surface area contributed by atoms with E-state index < -0.39 is 97.5 Å². The molecule has 5 atom stereocenters. The fraction of sp³-hybridized carbons (Fsp3) is 0.772. The minimum Gasteiger partial charge on any atom is -0.462 e. The highest BCUT2D eigenvalue weighted by Crippen LogP contribution is 2.45. The van der Waals surface area contributed by atoms with Crippen LogP contribution >= 0.6 is 15.6 Å². The molecule has 0 radical (unpaired) electrons. The zero-order chi connectivity index (χ0) is 71.8. The van der Waals surface area contributed by atoms with Crippen LogP contribution in [0.15, 0.2) is 85.1 Å². The van der Waals surface area contributed by atoms with Crippen LogP contribution in [0.25, 0.3) is 0 Å². The molecule has 3 N–H and O–H groups in total. The number of aliphatic hydroxyl groups excluding tert-OH is 1. The summed E-state index contributed by atoms with van der Waals surface area (Å²) in [6.45, 7) is 4.75. The van der Waals surface area contributed by atoms with Crippen molar-refractivity contribution in [2.75, 3.05) is 39.6 Å². The van der Waals surface area contributed by atoms with Crippen molar-refractivity contribution in [3.63, 3.8) is 0 Å². The minimum atomic E-state index is -4.98. The van der Waals surface area contributed by atoms with Gasteiger partial charge in [0.05, 0.1) is 26.4 Å². The van der Waals surface area contributed by atoms with Gasteiger partial charge in [0.25, 0.3) is 0 Å². The standard InChI is InChI=1S/C79H140O17P2/c1-5-9-13-17-21-25-29-33-35-36-38-42-44-48-52-56-60-64-77(82)90-70-75(96-79(84)66-62-58-54-50-46-40-32-28-24-20-16-12-8-4)72-94-98(87,88)92-68-73(80)67-91-97(85,86)93-71-74(95-78(83)65-61-57-53-49-45-39-31-27-23-19-15-11-7-3)69-89-76(81)63-59-55-51-47-43-41-37-34-30-26-22-18-14-10-6-2/h21-22,25-26,28,32-35,37-38,42,48,52,73-75,80H,5-20,23-24,27,29-31,36,39-41,43-47,49-51,53-72H2,1-4H3,(H,85,86)(H,87,88)/b25-21-,26-22-,32-28-,35-33-,37-34-,42-38-,52-48-/t73-,74+,75+/m0/s1. The van der Waals surface area contributed by atoms with Gasteiger partial charge in [-0.1, -0.05) is 273 Å². The van der Waals surface area contributed by atoms with E-state index in [0.29, 0.717) is 32.1 Å². The normalized spacial score (nSPS) is 14.4. The van der Waals surface area contributed by atoms with Crippen LogP contribution < -0.4 is 0 Å². The Hall–Kier alpha value is -3.76. The quantitative estimate of drug-likeness (QED) is 0.0169. The first-order valence-electron chi connectivity index (χ1n) is 38.8. The monoisotopic (exact) mass is 1420 g/mol. The lowest BCUT2D eigenvalue weighted by Gasteiger charge is -2.21. The van der Waals surface area contributed by atoms with Crippen LogP contribution in [0.4, 0.5) is 0 Å². The van der Waals surface area contributed by atoms with E-state index in [4.69, 9.17) is 37.0 Å². The predicted molar refractivity (Wildman–Crippen MR) is 399 cm³/mol. The first-order valence-corrected chi connectivity index (χ1v) is 41.8. The molecule has 0 spiro atoms. The van der Waals surface area contributed by atoms with E-state index in [-0.39, 0.29) is 25.7 Å². The molecule has 0 aromatic carbocycles. The Balaban J connectivity index is 5.38. The van der Waals surface area contributed by atoms with Crippen molar-refractivity contribution in [1.82, 2.24) is 0 Å². The van der Waals surface area contributed by atoms with E-state index >= 15 is 0 Å². The Morgan fingerprint density at radius 1 is 0.286 bits per heavy atom. The molecule has 0 rings (SSSR count). The second-order valence-corrected chi connectivity index (χ2v) is 28.9. The molecule has 2 unspecified atom stereocenters. The van der Waals surface area contributed by atoms with E-state index in [9.17, 15) is 43.2 Å². The molecular weight excluding hydrogens is 1280 g/mol. The number of phosphoric ester groups is 2. The molecule has 0 aliphatic heterocycles. The summed E-state index contributed by atoms with van der Waals surface area (Å²) in [4.78, 5) is 72.8. The number of esters is 4. The van der Waals surface area contributed by atoms with Gasteiger partial charge in [-0.15, -0.1) is 0 Å². The number of hydrogen-bond donors (Lipinski definition) is 3. The molecule has 0 aromatic heterocycles. The summed E-state index contributed by atoms with van der Waals surface area (Å²) in [6, 6.07) is 0. The van der Waals surface area contributed by atoms with Gasteiger partial charge in [0.15, 0.2) is 12.2 Å². The van der Waals surface area contributed by atoms with Crippen molar-refractivity contribution < 1.29 is 80.2 Å². The number of allylic oxidation sites excluding steroid dienone is 14. The molecule has 0 aliphatic carbocycles. The maximum Gasteiger partial charge on any atom is 0.472 e. The number of phosphoric acid groups is 2. The van der Waals surface area contributed by atoms with Gasteiger partial charge in [-0.3, -0.25) is 37.3 Å². The molecule has 98 heavy (non-hydrogen) atoms. The average Bonchev–Trinajstić information content (AvgIpc) is 0.969. The Morgan fingerprint density at radius 3 is 0.847 bits per heavy atom. The highest BCUT2D eigenvalue weighted by atomic mass is 31.2. The largest absolute Gasteiger partial charge is 0.472 e. The number of ether oxygens (including phenoxy) is 4. The molecule has 17 nitrogen and oxygen atoms in total. The SMILES string of the molecule is CCCCC/C=C\C/C=C\C/C=C\C/C=C\CCCC(=O)OC[C@H](COP(=O)(O)OC[C@@H](O)COP(=O)(O)OC[C@@H](COC(=O)CCCCCCC/C=C\C/C=C\CCCCC)OC(=O)CCCCCCCCCCCCCCC)OC(=O)CCCCCCC/C=C\CCCCCC. The van der Waals surface area contributed by atoms with E-state index in [2.05, 4.69) is 101 Å². The molecule has 0 aliphatic rings. The Morgan fingerprint density at radius 2 is 0.510 bits per heavy atom. The summed E-state index contributed by atoms with van der Waals surface area (Å²) in [5.74, 6) is -2.24. The predicted octanol–water partition coefficient (Wildman–Crippen LogP) is 22.2. The van der Waals surface area contributed by atoms with Gasteiger partial charge in [-0.05, 0) is 122 Å². The molecule has 0 bridgehead atoms. The van der Waals surface area contributed by atoms with Crippen molar-refractivity contribution in [2.45, 2.75) is 354 Å². The van der Waals surface area contributed by atoms with E-state index in [0.717, 1.165) is 135 Å². The molecule has 0 aromatic rings. The summed E-state index contributed by atoms with van der Waals surface area (Å²) in [5, 5.41) is 10.6. The smallest absolute Gasteiger partial charge is 0.462 e. The molecular formula is C79H140O17P2. The highest BCUT2D eigenvalue weighted by molar-refractivity contribution is 7.47. The molecule has 0 saturated carbocycles. The van der Waals surface area contributed by atoms with Crippen LogP contribution in [-0.4, -0.2) is 96.7 Å². The lowest BCUT2D eigenvalue weighted by atomic mass is 10.0. The average molecular weight is 1420 g/mol. The lowest BCUT2D eigenvalue weighted by molar-refractivity contribution is -0.161. The van der Waals surface area contributed by atoms with Gasteiger partial charge in [0, 0.05) is 25.7 Å². The van der Waals surface area contributed by atoms with E-state index in [1.54, 1.807) is 0 Å². The number of rotatable bonds is 73. The number of aliphatic hydroxyl groups is 1. The van der Waals surface area contributed by atoms with Crippen LogP contribution in [-0.2, 0) is 65.4 Å². The Bertz CT molecular complexity index is 2190. The molecule has 0 saturated heterocycles. The minimum absolute atomic E-state index is 0.0745. The van der Waals surface area contributed by atoms with Crippen LogP contribution in [0.2, 0.25) is 0 Å². The summed E-state index contributed by atoms with van der Waals surface area (Å²) in [5.41, 5.74) is 0. The third-order valence-electron chi connectivity index (χ3n) is 16.3. The van der Waals surface area contributed by atoms with Crippen molar-refractivity contribution in [1.29, 1.82) is 0 Å². The molecule has 0 amide bonds. The zero-order valence-electron chi connectivity index (χ0n) is 62.0. The van der Waals surface area contributed by atoms with Crippen LogP contribution in [0.1, 0.15) is 336 Å². The van der Waals surface area contributed by atoms with Crippen LogP contribution in [0, 0.1) is 0 Å². The maximum absolute atomic E-state index is 13.1. The molecule has 0 heterocycles. The summed E-state index contributed by atoms with van der Waals surface area (Å²) >= 11 is 0. The summed E-state index contributed by atoms with van der Waals surface area (Å²) in [6.07, 6.45) is 72.9. The zero-order valence-corrected chi connectivity index (χ0v) is 63.7. The van der Waals surface area contributed by atoms with Crippen molar-refractivity contribution in [3.05, 3.63) is 85.1 Å². The molecule has 19 heteroatoms. The van der Waals surface area contributed by atoms with Crippen LogP contribution in [0.5, 0.6) is 0 Å². The first-order chi connectivity index (χ1) is 47.7. The molecule has 568 valence electrons. The maximum atomic E-state index is 13.1. The van der Waals surface area contributed by atoms with Gasteiger partial charge in [0.2, 0.25) is 0 Å². The third-order valence-corrected chi connectivity index (χ3v) is 18.2. The van der Waals surface area contributed by atoms with Gasteiger partial charge in [0.1, 0.15) is 19.3 Å². The number of unbranched alkanes of at least 4 members (excludes halogenated alkanes) is 33. The van der Waals surface area contributed by atoms with Gasteiger partial charge < -0.3 is 33.8 Å². The van der Waals surface area contributed by atoms with E-state index in [1.165, 1.54) is 116 Å². The van der Waals surface area contributed by atoms with Gasteiger partial charge in [-0.2, -0.15) is 0 Å². The molecule has 0 fully saturated rings.